The number of aromatic nitrogens is 2. The van der Waals surface area contributed by atoms with Crippen LogP contribution in [0.3, 0.4) is 0 Å². The van der Waals surface area contributed by atoms with E-state index in [1.807, 2.05) is 50.5 Å². The molecule has 202 valence electrons. The molecular weight excluding hydrogens is 504 g/mol. The van der Waals surface area contributed by atoms with Crippen LogP contribution in [-0.4, -0.2) is 52.3 Å². The van der Waals surface area contributed by atoms with E-state index >= 15 is 0 Å². The number of ether oxygens (including phenoxy) is 1. The molecule has 3 heterocycles. The molecule has 1 fully saturated rings. The van der Waals surface area contributed by atoms with Gasteiger partial charge in [-0.25, -0.2) is 4.98 Å². The molecule has 1 aliphatic rings. The van der Waals surface area contributed by atoms with E-state index in [1.54, 1.807) is 22.3 Å². The maximum atomic E-state index is 13.6. The number of nitrogens with one attached hydrogen (secondary N) is 1. The lowest BCUT2D eigenvalue weighted by Gasteiger charge is -2.28. The highest BCUT2D eigenvalue weighted by atomic mass is 32.1. The number of benzene rings is 1. The quantitative estimate of drug-likeness (QED) is 0.266. The number of hydrogen-bond donors (Lipinski definition) is 1. The normalized spacial score (nSPS) is 16.0. The highest BCUT2D eigenvalue weighted by Crippen LogP contribution is 2.32. The summed E-state index contributed by atoms with van der Waals surface area (Å²) >= 11 is 1.61. The lowest BCUT2D eigenvalue weighted by atomic mass is 9.91. The van der Waals surface area contributed by atoms with Crippen LogP contribution in [-0.2, 0) is 20.9 Å². The fourth-order valence-corrected chi connectivity index (χ4v) is 5.52. The summed E-state index contributed by atoms with van der Waals surface area (Å²) in [5.41, 5.74) is 4.94. The monoisotopic (exact) mass is 538 g/mol. The van der Waals surface area contributed by atoms with E-state index < -0.39 is 12.0 Å². The Morgan fingerprint density at radius 1 is 1.29 bits per heavy atom. The third-order valence-corrected chi connectivity index (χ3v) is 7.71. The molecule has 1 aliphatic heterocycles. The Labute approximate surface area is 226 Å². The van der Waals surface area contributed by atoms with Crippen LogP contribution in [0.2, 0.25) is 0 Å². The first-order valence-electron chi connectivity index (χ1n) is 13.0. The molecule has 2 atom stereocenters. The van der Waals surface area contributed by atoms with E-state index in [0.29, 0.717) is 44.7 Å². The number of unbranched alkanes of at least 4 members (excludes halogenated alkanes) is 1. The number of rotatable bonds is 12. The molecule has 3 aromatic rings. The summed E-state index contributed by atoms with van der Waals surface area (Å²) in [6.45, 7) is 7.13. The lowest BCUT2D eigenvalue weighted by Crippen LogP contribution is -2.47. The van der Waals surface area contributed by atoms with E-state index in [2.05, 4.69) is 15.5 Å². The van der Waals surface area contributed by atoms with Gasteiger partial charge in [-0.2, -0.15) is 0 Å². The Morgan fingerprint density at radius 2 is 2.08 bits per heavy atom. The average Bonchev–Trinajstić information content (AvgIpc) is 3.67. The van der Waals surface area contributed by atoms with Crippen LogP contribution in [0.15, 0.2) is 40.4 Å². The van der Waals surface area contributed by atoms with Gasteiger partial charge in [-0.05, 0) is 48.4 Å². The second-order valence-electron chi connectivity index (χ2n) is 9.82. The van der Waals surface area contributed by atoms with Crippen molar-refractivity contribution in [2.75, 3.05) is 13.2 Å². The van der Waals surface area contributed by atoms with Crippen LogP contribution in [0.1, 0.15) is 62.5 Å². The van der Waals surface area contributed by atoms with Crippen LogP contribution in [0.5, 0.6) is 5.88 Å². The van der Waals surface area contributed by atoms with Crippen molar-refractivity contribution >= 4 is 29.4 Å². The average molecular weight is 539 g/mol. The Kier molecular flexibility index (Phi) is 9.28. The van der Waals surface area contributed by atoms with Crippen molar-refractivity contribution in [2.45, 2.75) is 65.0 Å². The second-order valence-corrected chi connectivity index (χ2v) is 10.7. The van der Waals surface area contributed by atoms with Gasteiger partial charge in [-0.3, -0.25) is 9.59 Å². The number of amides is 2. The van der Waals surface area contributed by atoms with Crippen LogP contribution in [0, 0.1) is 12.8 Å². The fraction of sp³-hybridized carbons (Fsp3) is 0.464. The Morgan fingerprint density at radius 3 is 2.76 bits per heavy atom. The summed E-state index contributed by atoms with van der Waals surface area (Å²) in [4.78, 5) is 44.4. The summed E-state index contributed by atoms with van der Waals surface area (Å²) < 4.78 is 11.0. The number of carbonyl (C=O) groups excluding carboxylic acids is 3. The van der Waals surface area contributed by atoms with Crippen molar-refractivity contribution in [2.24, 2.45) is 5.92 Å². The van der Waals surface area contributed by atoms with E-state index in [4.69, 9.17) is 9.26 Å². The van der Waals surface area contributed by atoms with E-state index in [1.165, 1.54) is 0 Å². The zero-order valence-electron chi connectivity index (χ0n) is 22.0. The minimum Gasteiger partial charge on any atom is -0.475 e. The van der Waals surface area contributed by atoms with Gasteiger partial charge in [0.05, 0.1) is 22.7 Å². The minimum atomic E-state index is -0.578. The molecule has 9 nitrogen and oxygen atoms in total. The van der Waals surface area contributed by atoms with Crippen molar-refractivity contribution in [3.8, 4) is 16.3 Å². The molecular formula is C28H34N4O5S. The van der Waals surface area contributed by atoms with Gasteiger partial charge in [0.25, 0.3) is 5.88 Å². The molecule has 2 aromatic heterocycles. The van der Waals surface area contributed by atoms with Gasteiger partial charge in [0.1, 0.15) is 18.2 Å². The largest absolute Gasteiger partial charge is 0.475 e. The summed E-state index contributed by atoms with van der Waals surface area (Å²) in [7, 11) is 0. The Bertz CT molecular complexity index is 1240. The molecule has 0 aliphatic carbocycles. The topological polar surface area (TPSA) is 115 Å². The number of aryl methyl sites for hydroxylation is 1. The van der Waals surface area contributed by atoms with Gasteiger partial charge in [0.15, 0.2) is 5.76 Å². The molecule has 0 saturated carbocycles. The number of aldehydes is 1. The molecule has 1 N–H and O–H groups in total. The van der Waals surface area contributed by atoms with Crippen molar-refractivity contribution < 1.29 is 23.6 Å². The first-order chi connectivity index (χ1) is 18.4. The van der Waals surface area contributed by atoms with Gasteiger partial charge in [0.2, 0.25) is 11.8 Å². The molecule has 2 amide bonds. The minimum absolute atomic E-state index is 0.0663. The molecule has 4 rings (SSSR count). The first-order valence-corrected chi connectivity index (χ1v) is 13.9. The van der Waals surface area contributed by atoms with Gasteiger partial charge in [-0.15, -0.1) is 11.3 Å². The summed E-state index contributed by atoms with van der Waals surface area (Å²) in [5, 5.41) is 6.95. The van der Waals surface area contributed by atoms with Crippen LogP contribution >= 0.6 is 11.3 Å². The van der Waals surface area contributed by atoms with Crippen LogP contribution in [0.4, 0.5) is 0 Å². The third-order valence-electron chi connectivity index (χ3n) is 6.73. The van der Waals surface area contributed by atoms with Crippen molar-refractivity contribution in [3.05, 3.63) is 52.9 Å². The van der Waals surface area contributed by atoms with E-state index in [9.17, 15) is 14.4 Å². The van der Waals surface area contributed by atoms with Crippen LogP contribution < -0.4 is 10.1 Å². The molecule has 1 aromatic carbocycles. The smallest absolute Gasteiger partial charge is 0.254 e. The number of nitrogens with zero attached hydrogens (tertiary/aromatic N) is 3. The van der Waals surface area contributed by atoms with Gasteiger partial charge >= 0.3 is 0 Å². The van der Waals surface area contributed by atoms with Crippen molar-refractivity contribution in [1.82, 2.24) is 20.4 Å². The highest BCUT2D eigenvalue weighted by Gasteiger charge is 2.40. The molecule has 0 spiro atoms. The molecule has 1 saturated heterocycles. The fourth-order valence-electron chi connectivity index (χ4n) is 4.71. The summed E-state index contributed by atoms with van der Waals surface area (Å²) in [6.07, 6.45) is 3.22. The van der Waals surface area contributed by atoms with Gasteiger partial charge < -0.3 is 24.3 Å². The molecule has 0 bridgehead atoms. The zero-order valence-corrected chi connectivity index (χ0v) is 22.8. The lowest BCUT2D eigenvalue weighted by molar-refractivity contribution is -0.140. The van der Waals surface area contributed by atoms with Crippen LogP contribution in [0.25, 0.3) is 10.4 Å². The Hall–Kier alpha value is -3.53. The maximum absolute atomic E-state index is 13.6. The third kappa shape index (κ3) is 6.48. The molecule has 38 heavy (non-hydrogen) atoms. The zero-order chi connectivity index (χ0) is 27.1. The SMILES string of the molecule is Cc1ncsc1-c1ccc(CNC(=O)C2CCCN2C(=O)C(c2cc(OCCCC=O)no2)C(C)C)cc1. The molecule has 0 radical (unpaired) electrons. The van der Waals surface area contributed by atoms with E-state index in [-0.39, 0.29) is 23.6 Å². The second kappa shape index (κ2) is 12.8. The summed E-state index contributed by atoms with van der Waals surface area (Å²) in [5.74, 6) is -0.244. The maximum Gasteiger partial charge on any atom is 0.254 e. The number of thiazole rings is 1. The molecule has 10 heteroatoms. The first kappa shape index (κ1) is 27.5. The van der Waals surface area contributed by atoms with Crippen molar-refractivity contribution in [1.29, 1.82) is 0 Å². The van der Waals surface area contributed by atoms with E-state index in [0.717, 1.165) is 34.4 Å². The number of carbonyl (C=O) groups is 3. The predicted octanol–water partition coefficient (Wildman–Crippen LogP) is 4.51. The highest BCUT2D eigenvalue weighted by molar-refractivity contribution is 7.13. The summed E-state index contributed by atoms with van der Waals surface area (Å²) in [6, 6.07) is 9.19. The number of hydrogen-bond acceptors (Lipinski definition) is 8. The predicted molar refractivity (Wildman–Crippen MR) is 144 cm³/mol. The standard InChI is InChI=1S/C28H34N4O5S/c1-18(2)25(23-15-24(31-37-23)36-14-5-4-13-33)28(35)32-12-6-7-22(32)27(34)29-16-20-8-10-21(11-9-20)26-19(3)30-17-38-26/h8-11,13,15,17-18,22,25H,4-7,12,14,16H2,1-3H3,(H,29,34). The number of likely N-dealkylation sites (tertiary alicyclic amines) is 1. The van der Waals surface area contributed by atoms with Gasteiger partial charge in [0, 0.05) is 25.6 Å². The van der Waals surface area contributed by atoms with Gasteiger partial charge in [-0.1, -0.05) is 38.1 Å². The molecule has 2 unspecified atom stereocenters. The van der Waals surface area contributed by atoms with Crippen molar-refractivity contribution in [3.63, 3.8) is 0 Å². The Balaban J connectivity index is 1.37.